The molecule has 0 atom stereocenters. The van der Waals surface area contributed by atoms with Gasteiger partial charge in [0.05, 0.1) is 0 Å². The minimum atomic E-state index is 0.379. The number of carbonyl (C=O) groups excluding carboxylic acids is 1. The SMILES string of the molecule is CC(C)(C)CCCC(=O)C1C2CC3CC(C2)CC1C3. The average molecular weight is 262 g/mol. The molecule has 4 bridgehead atoms. The van der Waals surface area contributed by atoms with Crippen LogP contribution in [0, 0.1) is 35.0 Å². The molecule has 0 unspecified atom stereocenters. The van der Waals surface area contributed by atoms with Crippen LogP contribution in [0.15, 0.2) is 0 Å². The molecule has 19 heavy (non-hydrogen) atoms. The molecule has 0 aromatic heterocycles. The molecule has 4 saturated carbocycles. The summed E-state index contributed by atoms with van der Waals surface area (Å²) >= 11 is 0. The molecule has 0 N–H and O–H groups in total. The smallest absolute Gasteiger partial charge is 0.136 e. The van der Waals surface area contributed by atoms with Crippen molar-refractivity contribution in [1.82, 2.24) is 0 Å². The highest BCUT2D eigenvalue weighted by atomic mass is 16.1. The standard InChI is InChI=1S/C18H30O/c1-18(2,3)6-4-5-16(19)17-14-8-12-7-13(10-14)11-15(17)9-12/h12-15,17H,4-11H2,1-3H3. The van der Waals surface area contributed by atoms with Crippen LogP contribution >= 0.6 is 0 Å². The van der Waals surface area contributed by atoms with Gasteiger partial charge in [-0.05, 0) is 74.0 Å². The highest BCUT2D eigenvalue weighted by molar-refractivity contribution is 5.82. The van der Waals surface area contributed by atoms with E-state index in [-0.39, 0.29) is 0 Å². The van der Waals surface area contributed by atoms with Crippen LogP contribution in [0.4, 0.5) is 0 Å². The molecule has 1 heteroatoms. The van der Waals surface area contributed by atoms with E-state index in [1.165, 1.54) is 38.5 Å². The molecule has 108 valence electrons. The Morgan fingerprint density at radius 3 is 1.95 bits per heavy atom. The van der Waals surface area contributed by atoms with Crippen molar-refractivity contribution in [3.8, 4) is 0 Å². The fourth-order valence-corrected chi connectivity index (χ4v) is 5.41. The van der Waals surface area contributed by atoms with Crippen LogP contribution in [0.25, 0.3) is 0 Å². The second-order valence-corrected chi connectivity index (χ2v) is 8.84. The van der Waals surface area contributed by atoms with Crippen molar-refractivity contribution >= 4 is 5.78 Å². The third-order valence-corrected chi connectivity index (χ3v) is 5.95. The Balaban J connectivity index is 1.55. The lowest BCUT2D eigenvalue weighted by Crippen LogP contribution is -2.48. The zero-order valence-corrected chi connectivity index (χ0v) is 13.0. The summed E-state index contributed by atoms with van der Waals surface area (Å²) in [4.78, 5) is 12.6. The predicted octanol–water partition coefficient (Wildman–Crippen LogP) is 4.84. The van der Waals surface area contributed by atoms with Gasteiger partial charge in [0.25, 0.3) is 0 Å². The van der Waals surface area contributed by atoms with Gasteiger partial charge >= 0.3 is 0 Å². The van der Waals surface area contributed by atoms with Crippen molar-refractivity contribution in [2.45, 2.75) is 72.1 Å². The Morgan fingerprint density at radius 2 is 1.47 bits per heavy atom. The van der Waals surface area contributed by atoms with Crippen molar-refractivity contribution in [3.63, 3.8) is 0 Å². The summed E-state index contributed by atoms with van der Waals surface area (Å²) in [6.45, 7) is 6.83. The van der Waals surface area contributed by atoms with Gasteiger partial charge in [-0.1, -0.05) is 20.8 Å². The molecular weight excluding hydrogens is 232 g/mol. The van der Waals surface area contributed by atoms with Gasteiger partial charge in [0, 0.05) is 12.3 Å². The van der Waals surface area contributed by atoms with E-state index in [2.05, 4.69) is 20.8 Å². The van der Waals surface area contributed by atoms with Crippen LogP contribution in [0.5, 0.6) is 0 Å². The summed E-state index contributed by atoms with van der Waals surface area (Å²) in [5.74, 6) is 4.62. The average Bonchev–Trinajstić information content (AvgIpc) is 2.25. The van der Waals surface area contributed by atoms with Gasteiger partial charge in [-0.25, -0.2) is 0 Å². The van der Waals surface area contributed by atoms with Crippen LogP contribution in [0.1, 0.15) is 72.1 Å². The lowest BCUT2D eigenvalue weighted by atomic mass is 9.51. The number of hydrogen-bond acceptors (Lipinski definition) is 1. The Labute approximate surface area is 118 Å². The highest BCUT2D eigenvalue weighted by Crippen LogP contribution is 2.56. The topological polar surface area (TPSA) is 17.1 Å². The van der Waals surface area contributed by atoms with Crippen molar-refractivity contribution < 1.29 is 4.79 Å². The largest absolute Gasteiger partial charge is 0.299 e. The minimum Gasteiger partial charge on any atom is -0.299 e. The number of rotatable bonds is 4. The van der Waals surface area contributed by atoms with Crippen LogP contribution in [-0.4, -0.2) is 5.78 Å². The zero-order chi connectivity index (χ0) is 13.6. The van der Waals surface area contributed by atoms with Crippen LogP contribution in [0.3, 0.4) is 0 Å². The van der Waals surface area contributed by atoms with E-state index in [4.69, 9.17) is 0 Å². The number of carbonyl (C=O) groups is 1. The molecule has 4 aliphatic rings. The first kappa shape index (κ1) is 13.6. The van der Waals surface area contributed by atoms with Crippen LogP contribution in [0.2, 0.25) is 0 Å². The molecule has 0 heterocycles. The van der Waals surface area contributed by atoms with Crippen molar-refractivity contribution in [1.29, 1.82) is 0 Å². The van der Waals surface area contributed by atoms with E-state index in [1.54, 1.807) is 0 Å². The van der Waals surface area contributed by atoms with E-state index in [0.717, 1.165) is 36.5 Å². The van der Waals surface area contributed by atoms with Gasteiger partial charge in [-0.15, -0.1) is 0 Å². The van der Waals surface area contributed by atoms with Crippen LogP contribution in [-0.2, 0) is 4.79 Å². The first-order valence-corrected chi connectivity index (χ1v) is 8.45. The first-order valence-electron chi connectivity index (χ1n) is 8.45. The van der Waals surface area contributed by atoms with Gasteiger partial charge in [0.2, 0.25) is 0 Å². The molecule has 0 saturated heterocycles. The Kier molecular flexibility index (Phi) is 3.52. The summed E-state index contributed by atoms with van der Waals surface area (Å²) in [7, 11) is 0. The van der Waals surface area contributed by atoms with Gasteiger partial charge in [-0.3, -0.25) is 4.79 Å². The molecule has 0 radical (unpaired) electrons. The van der Waals surface area contributed by atoms with E-state index < -0.39 is 0 Å². The molecule has 0 aromatic carbocycles. The fourth-order valence-electron chi connectivity index (χ4n) is 5.41. The van der Waals surface area contributed by atoms with E-state index in [9.17, 15) is 4.79 Å². The molecule has 0 aliphatic heterocycles. The van der Waals surface area contributed by atoms with E-state index >= 15 is 0 Å². The van der Waals surface area contributed by atoms with Gasteiger partial charge < -0.3 is 0 Å². The minimum absolute atomic E-state index is 0.379. The second-order valence-electron chi connectivity index (χ2n) is 8.84. The lowest BCUT2D eigenvalue weighted by molar-refractivity contribution is -0.136. The quantitative estimate of drug-likeness (QED) is 0.708. The summed E-state index contributed by atoms with van der Waals surface area (Å²) in [6, 6.07) is 0. The van der Waals surface area contributed by atoms with Crippen molar-refractivity contribution in [2.24, 2.45) is 35.0 Å². The summed E-state index contributed by atoms with van der Waals surface area (Å²) in [5, 5.41) is 0. The number of Topliss-reactive ketones (excluding diaryl/α,β-unsaturated/α-hetero) is 1. The molecule has 0 amide bonds. The maximum absolute atomic E-state index is 12.6. The summed E-state index contributed by atoms with van der Waals surface area (Å²) in [5.41, 5.74) is 0.379. The van der Waals surface area contributed by atoms with Crippen molar-refractivity contribution in [3.05, 3.63) is 0 Å². The van der Waals surface area contributed by atoms with E-state index in [1.807, 2.05) is 0 Å². The third-order valence-electron chi connectivity index (χ3n) is 5.95. The summed E-state index contributed by atoms with van der Waals surface area (Å²) < 4.78 is 0. The fraction of sp³-hybridized carbons (Fsp3) is 0.944. The first-order chi connectivity index (χ1) is 8.92. The number of hydrogen-bond donors (Lipinski definition) is 0. The molecule has 0 spiro atoms. The second kappa shape index (κ2) is 4.90. The Morgan fingerprint density at radius 1 is 0.947 bits per heavy atom. The number of ketones is 1. The van der Waals surface area contributed by atoms with E-state index in [0.29, 0.717) is 17.1 Å². The predicted molar refractivity (Wildman–Crippen MR) is 78.8 cm³/mol. The Hall–Kier alpha value is -0.330. The van der Waals surface area contributed by atoms with Gasteiger partial charge in [0.1, 0.15) is 5.78 Å². The Bertz CT molecular complexity index is 321. The zero-order valence-electron chi connectivity index (χ0n) is 13.0. The molecule has 1 nitrogen and oxygen atoms in total. The molecule has 4 fully saturated rings. The molecule has 4 rings (SSSR count). The normalized spacial score (nSPS) is 40.7. The van der Waals surface area contributed by atoms with Crippen molar-refractivity contribution in [2.75, 3.05) is 0 Å². The maximum atomic E-state index is 12.6. The third kappa shape index (κ3) is 2.90. The molecule has 4 aliphatic carbocycles. The van der Waals surface area contributed by atoms with Crippen LogP contribution < -0.4 is 0 Å². The monoisotopic (exact) mass is 262 g/mol. The maximum Gasteiger partial charge on any atom is 0.136 e. The molecule has 0 aromatic rings. The molecular formula is C18H30O. The lowest BCUT2D eigenvalue weighted by Gasteiger charge is -2.53. The van der Waals surface area contributed by atoms with Gasteiger partial charge in [0.15, 0.2) is 0 Å². The van der Waals surface area contributed by atoms with Gasteiger partial charge in [-0.2, -0.15) is 0 Å². The highest BCUT2D eigenvalue weighted by Gasteiger charge is 2.50. The summed E-state index contributed by atoms with van der Waals surface area (Å²) in [6.07, 6.45) is 10.1.